The van der Waals surface area contributed by atoms with Crippen LogP contribution in [0, 0.1) is 0 Å². The van der Waals surface area contributed by atoms with E-state index in [4.69, 9.17) is 11.6 Å². The Hall–Kier alpha value is -2.75. The van der Waals surface area contributed by atoms with Crippen molar-refractivity contribution in [2.24, 2.45) is 0 Å². The third-order valence-electron chi connectivity index (χ3n) is 4.56. The van der Waals surface area contributed by atoms with Gasteiger partial charge in [-0.1, -0.05) is 42.8 Å². The summed E-state index contributed by atoms with van der Waals surface area (Å²) in [6.07, 6.45) is 5.44. The normalized spacial score (nSPS) is 10.9. The molecule has 0 bridgehead atoms. The SMILES string of the molecule is CCCCNC(=O)c1csc(CSc2nnc(-c3ccncc3)n2-c2cccc(Cl)c2)n1. The minimum absolute atomic E-state index is 0.131. The van der Waals surface area contributed by atoms with Crippen LogP contribution in [-0.4, -0.2) is 37.2 Å². The Balaban J connectivity index is 1.56. The molecule has 10 heteroatoms. The zero-order valence-electron chi connectivity index (χ0n) is 17.4. The van der Waals surface area contributed by atoms with Crippen molar-refractivity contribution in [2.75, 3.05) is 6.54 Å². The molecule has 1 N–H and O–H groups in total. The second-order valence-corrected chi connectivity index (χ2v) is 9.20. The summed E-state index contributed by atoms with van der Waals surface area (Å²) >= 11 is 9.22. The fourth-order valence-electron chi connectivity index (χ4n) is 2.98. The first kappa shape index (κ1) is 22.4. The lowest BCUT2D eigenvalue weighted by atomic mass is 10.2. The van der Waals surface area contributed by atoms with Crippen molar-refractivity contribution in [2.45, 2.75) is 30.7 Å². The molecular weight excluding hydrogens is 464 g/mol. The average Bonchev–Trinajstić information content (AvgIpc) is 3.46. The first-order valence-corrected chi connectivity index (χ1v) is 12.4. The van der Waals surface area contributed by atoms with Gasteiger partial charge in [-0.2, -0.15) is 0 Å². The number of nitrogens with zero attached hydrogens (tertiary/aromatic N) is 5. The van der Waals surface area contributed by atoms with Crippen LogP contribution in [0.25, 0.3) is 17.1 Å². The molecule has 4 rings (SSSR count). The number of hydrogen-bond acceptors (Lipinski definition) is 7. The maximum Gasteiger partial charge on any atom is 0.270 e. The maximum absolute atomic E-state index is 12.2. The first-order chi connectivity index (χ1) is 15.7. The third-order valence-corrected chi connectivity index (χ3v) is 6.77. The molecule has 0 aliphatic carbocycles. The second-order valence-electron chi connectivity index (χ2n) is 6.88. The minimum Gasteiger partial charge on any atom is -0.351 e. The number of amides is 1. The molecule has 0 saturated carbocycles. The van der Waals surface area contributed by atoms with Gasteiger partial charge >= 0.3 is 0 Å². The zero-order chi connectivity index (χ0) is 22.3. The highest BCUT2D eigenvalue weighted by atomic mass is 35.5. The Bertz CT molecular complexity index is 1190. The van der Waals surface area contributed by atoms with Crippen molar-refractivity contribution >= 4 is 40.6 Å². The van der Waals surface area contributed by atoms with Crippen molar-refractivity contribution in [3.8, 4) is 17.1 Å². The lowest BCUT2D eigenvalue weighted by Crippen LogP contribution is -2.24. The van der Waals surface area contributed by atoms with Crippen LogP contribution in [0.1, 0.15) is 35.3 Å². The summed E-state index contributed by atoms with van der Waals surface area (Å²) in [6, 6.07) is 11.4. The number of thiazole rings is 1. The van der Waals surface area contributed by atoms with Crippen LogP contribution in [-0.2, 0) is 5.75 Å². The highest BCUT2D eigenvalue weighted by Gasteiger charge is 2.18. The monoisotopic (exact) mass is 484 g/mol. The van der Waals surface area contributed by atoms with E-state index in [0.717, 1.165) is 29.1 Å². The van der Waals surface area contributed by atoms with E-state index in [1.54, 1.807) is 17.8 Å². The molecule has 0 radical (unpaired) electrons. The number of rotatable bonds is 9. The van der Waals surface area contributed by atoms with Gasteiger partial charge in [-0.3, -0.25) is 14.3 Å². The molecule has 0 aliphatic rings. The van der Waals surface area contributed by atoms with Gasteiger partial charge in [-0.25, -0.2) is 4.98 Å². The minimum atomic E-state index is -0.131. The maximum atomic E-state index is 12.2. The largest absolute Gasteiger partial charge is 0.351 e. The lowest BCUT2D eigenvalue weighted by Gasteiger charge is -2.10. The van der Waals surface area contributed by atoms with Crippen molar-refractivity contribution in [1.82, 2.24) is 30.0 Å². The predicted octanol–water partition coefficient (Wildman–Crippen LogP) is 5.26. The molecule has 7 nitrogen and oxygen atoms in total. The van der Waals surface area contributed by atoms with Crippen molar-refractivity contribution in [3.63, 3.8) is 0 Å². The summed E-state index contributed by atoms with van der Waals surface area (Å²) in [5.74, 6) is 1.14. The molecule has 0 aliphatic heterocycles. The van der Waals surface area contributed by atoms with E-state index in [9.17, 15) is 4.79 Å². The highest BCUT2D eigenvalue weighted by molar-refractivity contribution is 7.98. The van der Waals surface area contributed by atoms with E-state index in [1.165, 1.54) is 23.1 Å². The lowest BCUT2D eigenvalue weighted by molar-refractivity contribution is 0.0948. The Kier molecular flexibility index (Phi) is 7.51. The van der Waals surface area contributed by atoms with Gasteiger partial charge < -0.3 is 5.32 Å². The van der Waals surface area contributed by atoms with Gasteiger partial charge in [0.2, 0.25) is 0 Å². The quantitative estimate of drug-likeness (QED) is 0.257. The van der Waals surface area contributed by atoms with E-state index in [2.05, 4.69) is 32.4 Å². The van der Waals surface area contributed by atoms with Crippen LogP contribution in [0.2, 0.25) is 5.02 Å². The Morgan fingerprint density at radius 2 is 2.06 bits per heavy atom. The number of carbonyl (C=O) groups is 1. The van der Waals surface area contributed by atoms with Crippen LogP contribution in [0.4, 0.5) is 0 Å². The zero-order valence-corrected chi connectivity index (χ0v) is 19.8. The molecule has 164 valence electrons. The summed E-state index contributed by atoms with van der Waals surface area (Å²) in [7, 11) is 0. The number of halogens is 1. The van der Waals surface area contributed by atoms with E-state index in [-0.39, 0.29) is 5.91 Å². The van der Waals surface area contributed by atoms with E-state index >= 15 is 0 Å². The molecule has 1 amide bonds. The standard InChI is InChI=1S/C22H21ClN6OS2/c1-2-3-9-25-21(30)18-13-31-19(26-18)14-32-22-28-27-20(15-7-10-24-11-8-15)29(22)17-6-4-5-16(23)12-17/h4-8,10-13H,2-3,9,14H2,1H3,(H,25,30). The molecule has 1 aromatic carbocycles. The third kappa shape index (κ3) is 5.35. The molecule has 0 unspecified atom stereocenters. The van der Waals surface area contributed by atoms with Crippen LogP contribution in [0.15, 0.2) is 59.3 Å². The number of aromatic nitrogens is 5. The van der Waals surface area contributed by atoms with E-state index in [1.807, 2.05) is 41.0 Å². The van der Waals surface area contributed by atoms with E-state index < -0.39 is 0 Å². The Labute approximate surface area is 199 Å². The molecular formula is C22H21ClN6OS2. The number of thioether (sulfide) groups is 1. The Morgan fingerprint density at radius 3 is 2.84 bits per heavy atom. The molecule has 0 fully saturated rings. The number of hydrogen-bond donors (Lipinski definition) is 1. The first-order valence-electron chi connectivity index (χ1n) is 10.1. The Morgan fingerprint density at radius 1 is 1.22 bits per heavy atom. The molecule has 4 aromatic rings. The van der Waals surface area contributed by atoms with E-state index in [0.29, 0.717) is 34.0 Å². The molecule has 32 heavy (non-hydrogen) atoms. The smallest absolute Gasteiger partial charge is 0.270 e. The summed E-state index contributed by atoms with van der Waals surface area (Å²) in [6.45, 7) is 2.75. The predicted molar refractivity (Wildman–Crippen MR) is 129 cm³/mol. The van der Waals surface area contributed by atoms with Gasteiger partial charge in [0.25, 0.3) is 5.91 Å². The summed E-state index contributed by atoms with van der Waals surface area (Å²) in [5, 5.41) is 15.7. The van der Waals surface area contributed by atoms with Gasteiger partial charge in [0, 0.05) is 34.9 Å². The summed E-state index contributed by atoms with van der Waals surface area (Å²) in [4.78, 5) is 20.8. The summed E-state index contributed by atoms with van der Waals surface area (Å²) in [5.41, 5.74) is 2.22. The number of carbonyl (C=O) groups excluding carboxylic acids is 1. The molecule has 0 saturated heterocycles. The van der Waals surface area contributed by atoms with Crippen LogP contribution in [0.5, 0.6) is 0 Å². The van der Waals surface area contributed by atoms with Gasteiger partial charge in [-0.15, -0.1) is 21.5 Å². The number of unbranched alkanes of at least 4 members (excludes halogenated alkanes) is 1. The van der Waals surface area contributed by atoms with Gasteiger partial charge in [0.05, 0.1) is 11.4 Å². The number of pyridine rings is 1. The number of nitrogens with one attached hydrogen (secondary N) is 1. The summed E-state index contributed by atoms with van der Waals surface area (Å²) < 4.78 is 1.97. The fourth-order valence-corrected chi connectivity index (χ4v) is 4.90. The van der Waals surface area contributed by atoms with Crippen LogP contribution >= 0.6 is 34.7 Å². The fraction of sp³-hybridized carbons (Fsp3) is 0.227. The van der Waals surface area contributed by atoms with Gasteiger partial charge in [-0.05, 0) is 36.8 Å². The van der Waals surface area contributed by atoms with Crippen molar-refractivity contribution in [1.29, 1.82) is 0 Å². The van der Waals surface area contributed by atoms with Gasteiger partial charge in [0.1, 0.15) is 10.7 Å². The average molecular weight is 485 g/mol. The second kappa shape index (κ2) is 10.7. The molecule has 0 atom stereocenters. The highest BCUT2D eigenvalue weighted by Crippen LogP contribution is 2.31. The van der Waals surface area contributed by atoms with Crippen molar-refractivity contribution < 1.29 is 4.79 Å². The van der Waals surface area contributed by atoms with Crippen LogP contribution in [0.3, 0.4) is 0 Å². The molecule has 0 spiro atoms. The van der Waals surface area contributed by atoms with Crippen LogP contribution < -0.4 is 5.32 Å². The topological polar surface area (TPSA) is 85.6 Å². The molecule has 3 aromatic heterocycles. The van der Waals surface area contributed by atoms with Crippen molar-refractivity contribution in [3.05, 3.63) is 69.9 Å². The molecule has 3 heterocycles. The van der Waals surface area contributed by atoms with Gasteiger partial charge in [0.15, 0.2) is 11.0 Å². The number of benzene rings is 1.